The molecule has 0 aliphatic rings. The summed E-state index contributed by atoms with van der Waals surface area (Å²) >= 11 is 0. The van der Waals surface area contributed by atoms with Crippen molar-refractivity contribution in [2.75, 3.05) is 0 Å². The van der Waals surface area contributed by atoms with Crippen LogP contribution in [0, 0.1) is 0 Å². The molecule has 0 atom stereocenters. The first-order valence-corrected chi connectivity index (χ1v) is 11.1. The van der Waals surface area contributed by atoms with Gasteiger partial charge in [-0.2, -0.15) is 0 Å². The molecule has 7 rings (SSSR count). The van der Waals surface area contributed by atoms with Crippen LogP contribution in [-0.2, 0) is 0 Å². The summed E-state index contributed by atoms with van der Waals surface area (Å²) < 4.78 is 0. The molecule has 0 nitrogen and oxygen atoms in total. The highest BCUT2D eigenvalue weighted by Gasteiger charge is 2.17. The van der Waals surface area contributed by atoms with Gasteiger partial charge in [-0.25, -0.2) is 0 Å². The van der Waals surface area contributed by atoms with Crippen molar-refractivity contribution in [1.29, 1.82) is 0 Å². The summed E-state index contributed by atoms with van der Waals surface area (Å²) in [5.74, 6) is 0. The molecule has 0 saturated heterocycles. The van der Waals surface area contributed by atoms with Crippen molar-refractivity contribution in [1.82, 2.24) is 0 Å². The highest BCUT2D eigenvalue weighted by atomic mass is 14.2. The first kappa shape index (κ1) is 17.5. The standard InChI is InChI=1S/C32H20/c1-2-11-21(12-3-1)22-19-10-20-28-25-15-6-8-17-27(25)31-26-16-7-4-13-23(26)24-14-5-9-18-29(24)32(31)30(22)28/h1-20H. The largest absolute Gasteiger partial charge is 0.0622 e. The van der Waals surface area contributed by atoms with Crippen LogP contribution in [0.5, 0.6) is 0 Å². The van der Waals surface area contributed by atoms with Crippen LogP contribution in [0.3, 0.4) is 0 Å². The summed E-state index contributed by atoms with van der Waals surface area (Å²) in [5.41, 5.74) is 2.55. The molecule has 7 aromatic rings. The van der Waals surface area contributed by atoms with Gasteiger partial charge in [-0.3, -0.25) is 0 Å². The number of hydrogen-bond donors (Lipinski definition) is 0. The molecule has 0 aromatic heterocycles. The Kier molecular flexibility index (Phi) is 3.65. The Morgan fingerprint density at radius 1 is 0.250 bits per heavy atom. The van der Waals surface area contributed by atoms with E-state index in [1.54, 1.807) is 0 Å². The van der Waals surface area contributed by atoms with E-state index in [4.69, 9.17) is 0 Å². The summed E-state index contributed by atoms with van der Waals surface area (Å²) in [5, 5.41) is 13.3. The van der Waals surface area contributed by atoms with Gasteiger partial charge in [-0.15, -0.1) is 0 Å². The molecule has 0 N–H and O–H groups in total. The van der Waals surface area contributed by atoms with E-state index in [0.717, 1.165) is 0 Å². The van der Waals surface area contributed by atoms with E-state index in [1.807, 2.05) is 0 Å². The molecule has 0 radical (unpaired) electrons. The number of hydrogen-bond acceptors (Lipinski definition) is 0. The average Bonchev–Trinajstić information content (AvgIpc) is 2.88. The van der Waals surface area contributed by atoms with Gasteiger partial charge in [0, 0.05) is 0 Å². The lowest BCUT2D eigenvalue weighted by Crippen LogP contribution is -1.90. The Bertz CT molecular complexity index is 1790. The molecule has 148 valence electrons. The van der Waals surface area contributed by atoms with E-state index in [9.17, 15) is 0 Å². The quantitative estimate of drug-likeness (QED) is 0.239. The molecule has 0 heteroatoms. The Morgan fingerprint density at radius 3 is 1.25 bits per heavy atom. The second kappa shape index (κ2) is 6.67. The third-order valence-electron chi connectivity index (χ3n) is 6.82. The first-order valence-electron chi connectivity index (χ1n) is 11.1. The summed E-state index contributed by atoms with van der Waals surface area (Å²) in [7, 11) is 0. The second-order valence-corrected chi connectivity index (χ2v) is 8.48. The lowest BCUT2D eigenvalue weighted by Gasteiger charge is -2.18. The molecule has 0 fully saturated rings. The Hall–Kier alpha value is -4.16. The second-order valence-electron chi connectivity index (χ2n) is 8.48. The molecule has 0 amide bonds. The predicted octanol–water partition coefficient (Wildman–Crippen LogP) is 9.12. The van der Waals surface area contributed by atoms with Crippen molar-refractivity contribution in [2.45, 2.75) is 0 Å². The topological polar surface area (TPSA) is 0 Å². The van der Waals surface area contributed by atoms with Crippen LogP contribution < -0.4 is 0 Å². The smallest absolute Gasteiger partial charge is 0.000764 e. The van der Waals surface area contributed by atoms with Crippen molar-refractivity contribution < 1.29 is 0 Å². The van der Waals surface area contributed by atoms with Crippen molar-refractivity contribution in [3.8, 4) is 11.1 Å². The third-order valence-corrected chi connectivity index (χ3v) is 6.82. The van der Waals surface area contributed by atoms with Gasteiger partial charge < -0.3 is 0 Å². The van der Waals surface area contributed by atoms with E-state index < -0.39 is 0 Å². The molecule has 0 aliphatic carbocycles. The first-order chi connectivity index (χ1) is 15.9. The monoisotopic (exact) mass is 404 g/mol. The van der Waals surface area contributed by atoms with Gasteiger partial charge in [0.05, 0.1) is 0 Å². The highest BCUT2D eigenvalue weighted by Crippen LogP contribution is 2.46. The summed E-state index contributed by atoms with van der Waals surface area (Å²) in [6.45, 7) is 0. The molecule has 7 aromatic carbocycles. The average molecular weight is 405 g/mol. The van der Waals surface area contributed by atoms with Gasteiger partial charge in [0.2, 0.25) is 0 Å². The zero-order valence-corrected chi connectivity index (χ0v) is 17.5. The molecule has 0 saturated carbocycles. The number of fused-ring (bicyclic) bond motifs is 11. The van der Waals surface area contributed by atoms with Crippen LogP contribution in [0.1, 0.15) is 0 Å². The van der Waals surface area contributed by atoms with Gasteiger partial charge >= 0.3 is 0 Å². The Morgan fingerprint density at radius 2 is 0.656 bits per heavy atom. The SMILES string of the molecule is c1ccc(-c2cccc3c4ccccc4c4c5ccccc5c5ccccc5c4c23)cc1. The van der Waals surface area contributed by atoms with Crippen LogP contribution in [0.4, 0.5) is 0 Å². The number of rotatable bonds is 1. The zero-order chi connectivity index (χ0) is 21.1. The zero-order valence-electron chi connectivity index (χ0n) is 17.5. The van der Waals surface area contributed by atoms with E-state index in [1.165, 1.54) is 65.0 Å². The third kappa shape index (κ3) is 2.32. The van der Waals surface area contributed by atoms with Gasteiger partial charge in [-0.05, 0) is 65.0 Å². The van der Waals surface area contributed by atoms with E-state index in [-0.39, 0.29) is 0 Å². The van der Waals surface area contributed by atoms with Crippen LogP contribution in [0.2, 0.25) is 0 Å². The fourth-order valence-corrected chi connectivity index (χ4v) is 5.52. The summed E-state index contributed by atoms with van der Waals surface area (Å²) in [6.07, 6.45) is 0. The lowest BCUT2D eigenvalue weighted by atomic mass is 9.85. The molecular formula is C32H20. The molecular weight excluding hydrogens is 384 g/mol. The minimum atomic E-state index is 1.26. The van der Waals surface area contributed by atoms with E-state index in [0.29, 0.717) is 0 Å². The normalized spacial score (nSPS) is 11.8. The van der Waals surface area contributed by atoms with Crippen molar-refractivity contribution in [3.05, 3.63) is 121 Å². The van der Waals surface area contributed by atoms with Gasteiger partial charge in [0.1, 0.15) is 0 Å². The Balaban J connectivity index is 1.91. The fraction of sp³-hybridized carbons (Fsp3) is 0. The molecule has 0 bridgehead atoms. The molecule has 0 aliphatic heterocycles. The van der Waals surface area contributed by atoms with Gasteiger partial charge in [-0.1, -0.05) is 121 Å². The minimum Gasteiger partial charge on any atom is -0.0622 e. The Labute approximate surface area is 186 Å². The van der Waals surface area contributed by atoms with Crippen LogP contribution in [-0.4, -0.2) is 0 Å². The minimum absolute atomic E-state index is 1.26. The van der Waals surface area contributed by atoms with Crippen molar-refractivity contribution >= 4 is 53.9 Å². The summed E-state index contributed by atoms with van der Waals surface area (Å²) in [4.78, 5) is 0. The molecule has 32 heavy (non-hydrogen) atoms. The van der Waals surface area contributed by atoms with Crippen LogP contribution >= 0.6 is 0 Å². The maximum Gasteiger partial charge on any atom is -0.000764 e. The maximum absolute atomic E-state index is 2.29. The predicted molar refractivity (Wildman–Crippen MR) is 139 cm³/mol. The van der Waals surface area contributed by atoms with Gasteiger partial charge in [0.25, 0.3) is 0 Å². The maximum atomic E-state index is 2.29. The fourth-order valence-electron chi connectivity index (χ4n) is 5.52. The van der Waals surface area contributed by atoms with Crippen molar-refractivity contribution in [2.24, 2.45) is 0 Å². The van der Waals surface area contributed by atoms with Gasteiger partial charge in [0.15, 0.2) is 0 Å². The lowest BCUT2D eigenvalue weighted by molar-refractivity contribution is 1.67. The number of benzene rings is 7. The molecule has 0 heterocycles. The molecule has 0 unspecified atom stereocenters. The van der Waals surface area contributed by atoms with E-state index in [2.05, 4.69) is 121 Å². The van der Waals surface area contributed by atoms with E-state index >= 15 is 0 Å². The van der Waals surface area contributed by atoms with Crippen LogP contribution in [0.25, 0.3) is 65.0 Å². The van der Waals surface area contributed by atoms with Crippen molar-refractivity contribution in [3.63, 3.8) is 0 Å². The molecule has 0 spiro atoms. The highest BCUT2D eigenvalue weighted by molar-refractivity contribution is 6.40. The van der Waals surface area contributed by atoms with Crippen LogP contribution in [0.15, 0.2) is 121 Å². The summed E-state index contributed by atoms with van der Waals surface area (Å²) in [6, 6.07) is 44.2.